The molecule has 28 heavy (non-hydrogen) atoms. The molecule has 2 aromatic rings. The lowest BCUT2D eigenvalue weighted by Crippen LogP contribution is -2.32. The zero-order chi connectivity index (χ0) is 20.4. The highest BCUT2D eigenvalue weighted by Gasteiger charge is 2.46. The Morgan fingerprint density at radius 3 is 2.68 bits per heavy atom. The fraction of sp³-hybridized carbons (Fsp3) is 0.400. The molecule has 1 amide bonds. The number of nitrogens with zero attached hydrogens (tertiary/aromatic N) is 4. The average Bonchev–Trinajstić information content (AvgIpc) is 3.23. The fourth-order valence-corrected chi connectivity index (χ4v) is 4.22. The topological polar surface area (TPSA) is 86.6 Å². The summed E-state index contributed by atoms with van der Waals surface area (Å²) in [5.41, 5.74) is 1.04. The number of aromatic nitrogens is 2. The van der Waals surface area contributed by atoms with E-state index >= 15 is 0 Å². The van der Waals surface area contributed by atoms with Gasteiger partial charge in [0.25, 0.3) is 11.7 Å². The van der Waals surface area contributed by atoms with Crippen molar-refractivity contribution in [3.8, 4) is 0 Å². The summed E-state index contributed by atoms with van der Waals surface area (Å²) in [6.45, 7) is 4.74. The molecule has 2 aromatic heterocycles. The highest BCUT2D eigenvalue weighted by atomic mass is 32.1. The van der Waals surface area contributed by atoms with Gasteiger partial charge in [0, 0.05) is 17.6 Å². The second kappa shape index (κ2) is 8.20. The minimum atomic E-state index is -0.666. The Labute approximate surface area is 168 Å². The number of hydrogen-bond acceptors (Lipinski definition) is 7. The van der Waals surface area contributed by atoms with Crippen molar-refractivity contribution in [2.24, 2.45) is 0 Å². The molecule has 1 fully saturated rings. The smallest absolute Gasteiger partial charge is 0.295 e. The summed E-state index contributed by atoms with van der Waals surface area (Å²) in [7, 11) is 3.93. The van der Waals surface area contributed by atoms with Crippen LogP contribution in [0.4, 0.5) is 0 Å². The summed E-state index contributed by atoms with van der Waals surface area (Å²) in [5, 5.41) is 12.9. The second-order valence-electron chi connectivity index (χ2n) is 7.08. The van der Waals surface area contributed by atoms with Crippen molar-refractivity contribution in [3.05, 3.63) is 51.2 Å². The van der Waals surface area contributed by atoms with Crippen molar-refractivity contribution >= 4 is 28.8 Å². The number of hydrogen-bond donors (Lipinski definition) is 1. The van der Waals surface area contributed by atoms with Crippen LogP contribution in [0.5, 0.6) is 0 Å². The largest absolute Gasteiger partial charge is 0.507 e. The predicted octanol–water partition coefficient (Wildman–Crippen LogP) is 2.53. The van der Waals surface area contributed by atoms with Crippen LogP contribution >= 0.6 is 11.3 Å². The van der Waals surface area contributed by atoms with Crippen molar-refractivity contribution in [1.82, 2.24) is 19.8 Å². The molecule has 0 saturated carbocycles. The molecule has 1 aliphatic rings. The fourth-order valence-electron chi connectivity index (χ4n) is 3.37. The van der Waals surface area contributed by atoms with Crippen LogP contribution in [0.15, 0.2) is 29.3 Å². The second-order valence-corrected chi connectivity index (χ2v) is 8.06. The van der Waals surface area contributed by atoms with E-state index in [0.29, 0.717) is 23.6 Å². The summed E-state index contributed by atoms with van der Waals surface area (Å²) in [4.78, 5) is 38.5. The summed E-state index contributed by atoms with van der Waals surface area (Å²) in [6.07, 6.45) is 2.23. The lowest BCUT2D eigenvalue weighted by molar-refractivity contribution is -0.139. The van der Waals surface area contributed by atoms with E-state index in [1.165, 1.54) is 17.5 Å². The van der Waals surface area contributed by atoms with Gasteiger partial charge < -0.3 is 14.9 Å². The first-order valence-electron chi connectivity index (χ1n) is 9.08. The average molecular weight is 401 g/mol. The summed E-state index contributed by atoms with van der Waals surface area (Å²) in [6, 6.07) is 3.16. The Bertz CT molecular complexity index is 922. The maximum absolute atomic E-state index is 12.9. The van der Waals surface area contributed by atoms with Crippen LogP contribution in [-0.4, -0.2) is 63.7 Å². The maximum Gasteiger partial charge on any atom is 0.295 e. The zero-order valence-corrected chi connectivity index (χ0v) is 17.3. The van der Waals surface area contributed by atoms with Crippen LogP contribution in [0.2, 0.25) is 0 Å². The third kappa shape index (κ3) is 3.83. The highest BCUT2D eigenvalue weighted by Crippen LogP contribution is 2.41. The normalized spacial score (nSPS) is 19.0. The number of Topliss-reactive ketones (excluding diaryl/α,β-unsaturated/α-hetero) is 1. The molecule has 3 rings (SSSR count). The zero-order valence-electron chi connectivity index (χ0n) is 16.5. The SMILES string of the molecule is Cc1ncc(C(O)=C2C(=O)C(=O)N(CCCN(C)C)[C@H]2c2cccs2)c(C)n1. The Morgan fingerprint density at radius 2 is 2.07 bits per heavy atom. The maximum atomic E-state index is 12.9. The van der Waals surface area contributed by atoms with E-state index in [0.717, 1.165) is 17.8 Å². The van der Waals surface area contributed by atoms with Gasteiger partial charge in [-0.25, -0.2) is 9.97 Å². The molecule has 0 aromatic carbocycles. The number of carbonyl (C=O) groups excluding carboxylic acids is 2. The number of thiophene rings is 1. The van der Waals surface area contributed by atoms with Crippen molar-refractivity contribution < 1.29 is 14.7 Å². The molecule has 0 bridgehead atoms. The molecular formula is C20H24N4O3S. The molecule has 0 radical (unpaired) electrons. The van der Waals surface area contributed by atoms with Gasteiger partial charge in [-0.15, -0.1) is 11.3 Å². The first kappa shape index (κ1) is 20.2. The number of ketones is 1. The monoisotopic (exact) mass is 400 g/mol. The third-order valence-electron chi connectivity index (χ3n) is 4.71. The number of rotatable bonds is 6. The third-order valence-corrected chi connectivity index (χ3v) is 5.64. The molecule has 3 heterocycles. The van der Waals surface area contributed by atoms with Crippen LogP contribution in [0.3, 0.4) is 0 Å². The summed E-state index contributed by atoms with van der Waals surface area (Å²) < 4.78 is 0. The standard InChI is InChI=1S/C20H24N4O3S/c1-12-14(11-21-13(2)22-12)18(25)16-17(15-7-5-10-28-15)24(20(27)19(16)26)9-6-8-23(3)4/h5,7,10-11,17,25H,6,8-9H2,1-4H3/t17-/m0/s1. The van der Waals surface area contributed by atoms with E-state index in [4.69, 9.17) is 0 Å². The van der Waals surface area contributed by atoms with Gasteiger partial charge in [-0.2, -0.15) is 0 Å². The van der Waals surface area contributed by atoms with Crippen LogP contribution in [-0.2, 0) is 9.59 Å². The lowest BCUT2D eigenvalue weighted by atomic mass is 10.00. The van der Waals surface area contributed by atoms with Crippen molar-refractivity contribution in [2.45, 2.75) is 26.3 Å². The van der Waals surface area contributed by atoms with Gasteiger partial charge in [0.2, 0.25) is 0 Å². The summed E-state index contributed by atoms with van der Waals surface area (Å²) in [5.74, 6) is -0.887. The minimum absolute atomic E-state index is 0.104. The van der Waals surface area contributed by atoms with Crippen molar-refractivity contribution in [1.29, 1.82) is 0 Å². The van der Waals surface area contributed by atoms with Crippen LogP contribution < -0.4 is 0 Å². The molecule has 0 aliphatic carbocycles. The quantitative estimate of drug-likeness (QED) is 0.456. The molecule has 148 valence electrons. The Hall–Kier alpha value is -2.58. The van der Waals surface area contributed by atoms with E-state index in [-0.39, 0.29) is 11.3 Å². The number of amides is 1. The highest BCUT2D eigenvalue weighted by molar-refractivity contribution is 7.10. The van der Waals surface area contributed by atoms with Crippen LogP contribution in [0.1, 0.15) is 34.4 Å². The number of aryl methyl sites for hydroxylation is 2. The molecule has 7 nitrogen and oxygen atoms in total. The Morgan fingerprint density at radius 1 is 1.32 bits per heavy atom. The van der Waals surface area contributed by atoms with Crippen LogP contribution in [0.25, 0.3) is 5.76 Å². The number of carbonyl (C=O) groups is 2. The van der Waals surface area contributed by atoms with Crippen molar-refractivity contribution in [2.75, 3.05) is 27.2 Å². The van der Waals surface area contributed by atoms with Gasteiger partial charge in [-0.05, 0) is 52.4 Å². The van der Waals surface area contributed by atoms with Gasteiger partial charge in [0.1, 0.15) is 11.6 Å². The molecular weight excluding hydrogens is 376 g/mol. The molecule has 0 unspecified atom stereocenters. The molecule has 8 heteroatoms. The van der Waals surface area contributed by atoms with Gasteiger partial charge >= 0.3 is 0 Å². The molecule has 1 atom stereocenters. The van der Waals surface area contributed by atoms with Crippen LogP contribution in [0, 0.1) is 13.8 Å². The van der Waals surface area contributed by atoms with E-state index in [1.807, 2.05) is 36.5 Å². The summed E-state index contributed by atoms with van der Waals surface area (Å²) >= 11 is 1.46. The van der Waals surface area contributed by atoms with Gasteiger partial charge in [-0.1, -0.05) is 6.07 Å². The Kier molecular flexibility index (Phi) is 5.90. The van der Waals surface area contributed by atoms with Gasteiger partial charge in [-0.3, -0.25) is 9.59 Å². The Balaban J connectivity index is 2.07. The molecule has 1 saturated heterocycles. The van der Waals surface area contributed by atoms with E-state index in [2.05, 4.69) is 9.97 Å². The molecule has 1 N–H and O–H groups in total. The van der Waals surface area contributed by atoms with E-state index in [9.17, 15) is 14.7 Å². The minimum Gasteiger partial charge on any atom is -0.507 e. The van der Waals surface area contributed by atoms with Gasteiger partial charge in [0.15, 0.2) is 0 Å². The molecule has 0 spiro atoms. The first-order valence-corrected chi connectivity index (χ1v) is 9.96. The molecule has 1 aliphatic heterocycles. The van der Waals surface area contributed by atoms with E-state index in [1.54, 1.807) is 18.7 Å². The first-order chi connectivity index (χ1) is 13.3. The van der Waals surface area contributed by atoms with E-state index < -0.39 is 17.7 Å². The van der Waals surface area contributed by atoms with Gasteiger partial charge in [0.05, 0.1) is 22.9 Å². The predicted molar refractivity (Wildman–Crippen MR) is 108 cm³/mol. The number of likely N-dealkylation sites (tertiary alicyclic amines) is 1. The van der Waals surface area contributed by atoms with Crippen molar-refractivity contribution in [3.63, 3.8) is 0 Å². The number of aliphatic hydroxyl groups is 1. The lowest BCUT2D eigenvalue weighted by Gasteiger charge is -2.24. The number of aliphatic hydroxyl groups excluding tert-OH is 1.